The van der Waals surface area contributed by atoms with Crippen molar-refractivity contribution >= 4 is 50.8 Å². The van der Waals surface area contributed by atoms with E-state index < -0.39 is 0 Å². The van der Waals surface area contributed by atoms with E-state index in [4.69, 9.17) is 27.9 Å². The second-order valence-corrected chi connectivity index (χ2v) is 6.97. The van der Waals surface area contributed by atoms with Gasteiger partial charge in [0.2, 0.25) is 0 Å². The minimum absolute atomic E-state index is 0.190. The van der Waals surface area contributed by atoms with Crippen LogP contribution in [0.25, 0.3) is 0 Å². The van der Waals surface area contributed by atoms with Gasteiger partial charge < -0.3 is 4.74 Å². The van der Waals surface area contributed by atoms with Crippen molar-refractivity contribution in [2.75, 3.05) is 6.61 Å². The van der Waals surface area contributed by atoms with Crippen molar-refractivity contribution in [3.05, 3.63) is 62.5 Å². The smallest absolute Gasteiger partial charge is 0.277 e. The number of benzene rings is 2. The Morgan fingerprint density at radius 3 is 2.56 bits per heavy atom. The minimum atomic E-state index is -0.364. The molecule has 0 fully saturated rings. The topological polar surface area (TPSA) is 50.7 Å². The molecule has 2 rings (SSSR count). The van der Waals surface area contributed by atoms with Gasteiger partial charge in [-0.15, -0.1) is 0 Å². The van der Waals surface area contributed by atoms with Crippen LogP contribution in [0.3, 0.4) is 0 Å². The number of carbonyl (C=O) groups is 1. The van der Waals surface area contributed by atoms with Gasteiger partial charge in [-0.1, -0.05) is 64.6 Å². The van der Waals surface area contributed by atoms with Crippen LogP contribution < -0.4 is 10.2 Å². The molecule has 2 aromatic rings. The zero-order valence-electron chi connectivity index (χ0n) is 13.6. The fourth-order valence-electron chi connectivity index (χ4n) is 2.04. The lowest BCUT2D eigenvalue weighted by molar-refractivity contribution is -0.123. The first-order valence-electron chi connectivity index (χ1n) is 7.68. The maximum Gasteiger partial charge on any atom is 0.277 e. The molecule has 1 N–H and O–H groups in total. The Bertz CT molecular complexity index is 764. The second kappa shape index (κ2) is 9.80. The van der Waals surface area contributed by atoms with Crippen molar-refractivity contribution < 1.29 is 9.53 Å². The highest BCUT2D eigenvalue weighted by Gasteiger charge is 2.08. The van der Waals surface area contributed by atoms with Gasteiger partial charge in [-0.2, -0.15) is 5.10 Å². The Morgan fingerprint density at radius 1 is 1.20 bits per heavy atom. The zero-order chi connectivity index (χ0) is 18.2. The molecule has 0 saturated heterocycles. The summed E-state index contributed by atoms with van der Waals surface area (Å²) in [5.74, 6) is 0.0311. The maximum absolute atomic E-state index is 12.0. The first-order chi connectivity index (χ1) is 12.0. The third-order valence-electron chi connectivity index (χ3n) is 3.23. The van der Waals surface area contributed by atoms with Crippen LogP contribution >= 0.6 is 39.1 Å². The molecule has 0 bridgehead atoms. The number of hydrazone groups is 1. The van der Waals surface area contributed by atoms with Crippen LogP contribution in [0.5, 0.6) is 5.75 Å². The van der Waals surface area contributed by atoms with Crippen LogP contribution in [-0.2, 0) is 4.79 Å². The van der Waals surface area contributed by atoms with E-state index in [1.54, 1.807) is 18.2 Å². The molecule has 0 heterocycles. The number of amides is 1. The molecule has 0 spiro atoms. The van der Waals surface area contributed by atoms with Crippen molar-refractivity contribution in [3.8, 4) is 5.75 Å². The van der Waals surface area contributed by atoms with E-state index in [1.165, 1.54) is 0 Å². The molecule has 0 saturated carbocycles. The number of ether oxygens (including phenoxy) is 1. The highest BCUT2D eigenvalue weighted by Crippen LogP contribution is 2.27. The summed E-state index contributed by atoms with van der Waals surface area (Å²) in [5.41, 5.74) is 4.30. The van der Waals surface area contributed by atoms with Crippen LogP contribution in [0.1, 0.15) is 25.3 Å². The lowest BCUT2D eigenvalue weighted by Crippen LogP contribution is -2.26. The minimum Gasteiger partial charge on any atom is -0.482 e. The van der Waals surface area contributed by atoms with E-state index in [0.29, 0.717) is 15.8 Å². The van der Waals surface area contributed by atoms with Crippen LogP contribution in [0.4, 0.5) is 0 Å². The summed E-state index contributed by atoms with van der Waals surface area (Å²) in [7, 11) is 0. The van der Waals surface area contributed by atoms with Crippen molar-refractivity contribution in [3.63, 3.8) is 0 Å². The standard InChI is InChI=1S/C18H17BrCl2N2O2/c1-2-3-16(12-4-6-13(19)7-5-12)22-23-18(24)11-25-17-9-8-14(20)10-15(17)21/h4-10H,2-3,11H2,1H3,(H,23,24)/b22-16-. The molecular formula is C18H17BrCl2N2O2. The number of rotatable bonds is 7. The van der Waals surface area contributed by atoms with E-state index in [2.05, 4.69) is 33.4 Å². The number of halogens is 3. The molecule has 0 aliphatic rings. The summed E-state index contributed by atoms with van der Waals surface area (Å²) >= 11 is 15.2. The largest absolute Gasteiger partial charge is 0.482 e. The first-order valence-corrected chi connectivity index (χ1v) is 9.23. The Balaban J connectivity index is 1.97. The molecule has 4 nitrogen and oxygen atoms in total. The molecule has 0 radical (unpaired) electrons. The average molecular weight is 444 g/mol. The van der Waals surface area contributed by atoms with E-state index in [0.717, 1.165) is 28.6 Å². The van der Waals surface area contributed by atoms with Gasteiger partial charge in [-0.3, -0.25) is 4.79 Å². The second-order valence-electron chi connectivity index (χ2n) is 5.21. The van der Waals surface area contributed by atoms with Gasteiger partial charge in [0, 0.05) is 9.50 Å². The summed E-state index contributed by atoms with van der Waals surface area (Å²) in [6, 6.07) is 12.6. The Kier molecular flexibility index (Phi) is 7.75. The maximum atomic E-state index is 12.0. The van der Waals surface area contributed by atoms with Crippen LogP contribution in [-0.4, -0.2) is 18.2 Å². The lowest BCUT2D eigenvalue weighted by atomic mass is 10.1. The van der Waals surface area contributed by atoms with Crippen molar-refractivity contribution in [1.29, 1.82) is 0 Å². The molecular weight excluding hydrogens is 427 g/mol. The van der Waals surface area contributed by atoms with Crippen molar-refractivity contribution in [1.82, 2.24) is 5.43 Å². The predicted octanol–water partition coefficient (Wildman–Crippen LogP) is 5.46. The van der Waals surface area contributed by atoms with Gasteiger partial charge in [-0.25, -0.2) is 5.43 Å². The van der Waals surface area contributed by atoms with Crippen molar-refractivity contribution in [2.45, 2.75) is 19.8 Å². The third kappa shape index (κ3) is 6.34. The summed E-state index contributed by atoms with van der Waals surface area (Å²) in [5, 5.41) is 5.09. The number of nitrogens with zero attached hydrogens (tertiary/aromatic N) is 1. The highest BCUT2D eigenvalue weighted by atomic mass is 79.9. The molecule has 0 atom stereocenters. The van der Waals surface area contributed by atoms with Gasteiger partial charge >= 0.3 is 0 Å². The van der Waals surface area contributed by atoms with Crippen LogP contribution in [0.2, 0.25) is 10.0 Å². The average Bonchev–Trinajstić information content (AvgIpc) is 2.58. The molecule has 132 valence electrons. The number of nitrogens with one attached hydrogen (secondary N) is 1. The molecule has 25 heavy (non-hydrogen) atoms. The van der Waals surface area contributed by atoms with E-state index >= 15 is 0 Å². The summed E-state index contributed by atoms with van der Waals surface area (Å²) in [6.45, 7) is 1.87. The Hall–Kier alpha value is -1.56. The molecule has 1 amide bonds. The number of hydrogen-bond donors (Lipinski definition) is 1. The molecule has 2 aromatic carbocycles. The number of hydrogen-bond acceptors (Lipinski definition) is 3. The van der Waals surface area contributed by atoms with Gasteiger partial charge in [-0.05, 0) is 42.3 Å². The van der Waals surface area contributed by atoms with Crippen LogP contribution in [0, 0.1) is 0 Å². The normalized spacial score (nSPS) is 11.3. The Labute approximate surface area is 165 Å². The molecule has 0 aliphatic heterocycles. The molecule has 7 heteroatoms. The zero-order valence-corrected chi connectivity index (χ0v) is 16.7. The monoisotopic (exact) mass is 442 g/mol. The highest BCUT2D eigenvalue weighted by molar-refractivity contribution is 9.10. The summed E-state index contributed by atoms with van der Waals surface area (Å²) in [6.07, 6.45) is 1.67. The fraction of sp³-hybridized carbons (Fsp3) is 0.222. The Morgan fingerprint density at radius 2 is 1.92 bits per heavy atom. The summed E-state index contributed by atoms with van der Waals surface area (Å²) < 4.78 is 6.38. The van der Waals surface area contributed by atoms with Crippen molar-refractivity contribution in [2.24, 2.45) is 5.10 Å². The molecule has 0 unspecified atom stereocenters. The lowest BCUT2D eigenvalue weighted by Gasteiger charge is -2.09. The van der Waals surface area contributed by atoms with E-state index in [9.17, 15) is 4.79 Å². The molecule has 0 aliphatic carbocycles. The SMILES string of the molecule is CCC/C(=N/NC(=O)COc1ccc(Cl)cc1Cl)c1ccc(Br)cc1. The van der Waals surface area contributed by atoms with Gasteiger partial charge in [0.1, 0.15) is 5.75 Å². The number of carbonyl (C=O) groups excluding carboxylic acids is 1. The third-order valence-corrected chi connectivity index (χ3v) is 4.29. The van der Waals surface area contributed by atoms with E-state index in [1.807, 2.05) is 24.3 Å². The van der Waals surface area contributed by atoms with E-state index in [-0.39, 0.29) is 12.5 Å². The van der Waals surface area contributed by atoms with Gasteiger partial charge in [0.25, 0.3) is 5.91 Å². The first kappa shape index (κ1) is 19.8. The van der Waals surface area contributed by atoms with Gasteiger partial charge in [0.15, 0.2) is 6.61 Å². The quantitative estimate of drug-likeness (QED) is 0.456. The van der Waals surface area contributed by atoms with Crippen LogP contribution in [0.15, 0.2) is 52.0 Å². The molecule has 0 aromatic heterocycles. The summed E-state index contributed by atoms with van der Waals surface area (Å²) in [4.78, 5) is 12.0. The van der Waals surface area contributed by atoms with Gasteiger partial charge in [0.05, 0.1) is 10.7 Å². The predicted molar refractivity (Wildman–Crippen MR) is 106 cm³/mol. The fourth-order valence-corrected chi connectivity index (χ4v) is 2.77.